The molecule has 1 heterocycles. The van der Waals surface area contributed by atoms with Crippen molar-refractivity contribution >= 4 is 17.6 Å². The van der Waals surface area contributed by atoms with Gasteiger partial charge in [0.25, 0.3) is 0 Å². The summed E-state index contributed by atoms with van der Waals surface area (Å²) in [5, 5.41) is 11.3. The molecule has 1 fully saturated rings. The average molecular weight is 268 g/mol. The van der Waals surface area contributed by atoms with E-state index in [1.807, 2.05) is 0 Å². The fourth-order valence-electron chi connectivity index (χ4n) is 1.85. The van der Waals surface area contributed by atoms with Crippen LogP contribution in [-0.2, 0) is 9.53 Å². The van der Waals surface area contributed by atoms with Gasteiger partial charge in [0.2, 0.25) is 5.91 Å². The number of carbonyl (C=O) groups is 2. The van der Waals surface area contributed by atoms with Crippen LogP contribution in [0.25, 0.3) is 0 Å². The summed E-state index contributed by atoms with van der Waals surface area (Å²) in [5.74, 6) is -2.96. The Morgan fingerprint density at radius 2 is 2.21 bits per heavy atom. The van der Waals surface area contributed by atoms with Crippen LogP contribution in [0.1, 0.15) is 16.8 Å². The number of carbonyl (C=O) groups excluding carboxylic acids is 1. The number of halogens is 1. The number of nitrogens with one attached hydrogen (secondary N) is 1. The summed E-state index contributed by atoms with van der Waals surface area (Å²) in [7, 11) is 0. The molecule has 6 nitrogen and oxygen atoms in total. The summed E-state index contributed by atoms with van der Waals surface area (Å²) in [4.78, 5) is 23.0. The minimum atomic E-state index is -1.46. The molecule has 0 saturated carbocycles. The second-order valence-electron chi connectivity index (χ2n) is 4.38. The van der Waals surface area contributed by atoms with Crippen LogP contribution in [0.3, 0.4) is 0 Å². The van der Waals surface area contributed by atoms with Crippen LogP contribution < -0.4 is 11.1 Å². The van der Waals surface area contributed by atoms with Crippen molar-refractivity contribution in [3.05, 3.63) is 29.6 Å². The molecule has 0 aromatic heterocycles. The van der Waals surface area contributed by atoms with Crippen molar-refractivity contribution in [2.45, 2.75) is 12.0 Å². The maximum atomic E-state index is 13.4. The molecule has 1 aliphatic rings. The molecule has 1 amide bonds. The molecular formula is C12H13FN2O4. The first-order valence-electron chi connectivity index (χ1n) is 5.64. The Bertz CT molecular complexity index is 526. The van der Waals surface area contributed by atoms with Gasteiger partial charge in [0.05, 0.1) is 12.3 Å². The van der Waals surface area contributed by atoms with Crippen molar-refractivity contribution in [3.63, 3.8) is 0 Å². The van der Waals surface area contributed by atoms with Crippen molar-refractivity contribution in [1.29, 1.82) is 0 Å². The van der Waals surface area contributed by atoms with Gasteiger partial charge in [-0.2, -0.15) is 0 Å². The molecule has 7 heteroatoms. The van der Waals surface area contributed by atoms with E-state index in [0.717, 1.165) is 6.07 Å². The van der Waals surface area contributed by atoms with Crippen LogP contribution in [0, 0.1) is 5.82 Å². The number of ether oxygens (including phenoxy) is 1. The number of amides is 1. The molecule has 19 heavy (non-hydrogen) atoms. The van der Waals surface area contributed by atoms with Crippen molar-refractivity contribution in [3.8, 4) is 0 Å². The normalized spacial score (nSPS) is 22.2. The molecule has 2 rings (SSSR count). The van der Waals surface area contributed by atoms with Crippen molar-refractivity contribution in [2.75, 3.05) is 18.5 Å². The Morgan fingerprint density at radius 1 is 1.47 bits per heavy atom. The van der Waals surface area contributed by atoms with E-state index in [0.29, 0.717) is 13.0 Å². The van der Waals surface area contributed by atoms with Gasteiger partial charge in [-0.25, -0.2) is 9.18 Å². The Morgan fingerprint density at radius 3 is 2.79 bits per heavy atom. The Hall–Kier alpha value is -1.99. The fraction of sp³-hybridized carbons (Fsp3) is 0.333. The highest BCUT2D eigenvalue weighted by Gasteiger charge is 2.38. The predicted octanol–water partition coefficient (Wildman–Crippen LogP) is 0.580. The average Bonchev–Trinajstić information content (AvgIpc) is 2.77. The van der Waals surface area contributed by atoms with E-state index in [2.05, 4.69) is 5.32 Å². The molecule has 0 spiro atoms. The van der Waals surface area contributed by atoms with E-state index in [1.54, 1.807) is 0 Å². The molecule has 4 N–H and O–H groups in total. The first-order valence-corrected chi connectivity index (χ1v) is 5.64. The molecule has 0 radical (unpaired) electrons. The monoisotopic (exact) mass is 268 g/mol. The van der Waals surface area contributed by atoms with Crippen molar-refractivity contribution in [1.82, 2.24) is 0 Å². The number of rotatable bonds is 3. The first-order chi connectivity index (χ1) is 8.94. The van der Waals surface area contributed by atoms with Gasteiger partial charge in [0.15, 0.2) is 0 Å². The number of carboxylic acid groups (broad SMARTS) is 1. The highest BCUT2D eigenvalue weighted by Crippen LogP contribution is 2.22. The fourth-order valence-corrected chi connectivity index (χ4v) is 1.85. The van der Waals surface area contributed by atoms with Crippen LogP contribution in [0.2, 0.25) is 0 Å². The maximum absolute atomic E-state index is 13.4. The van der Waals surface area contributed by atoms with Gasteiger partial charge in [-0.1, -0.05) is 6.07 Å². The lowest BCUT2D eigenvalue weighted by atomic mass is 9.99. The van der Waals surface area contributed by atoms with E-state index >= 15 is 0 Å². The van der Waals surface area contributed by atoms with E-state index in [-0.39, 0.29) is 12.3 Å². The van der Waals surface area contributed by atoms with E-state index in [1.165, 1.54) is 12.1 Å². The SMILES string of the molecule is NC1(C(=O)Nc2cccc(F)c2C(=O)O)CCOC1. The number of carboxylic acids is 1. The molecule has 1 unspecified atom stereocenters. The zero-order chi connectivity index (χ0) is 14.0. The lowest BCUT2D eigenvalue weighted by molar-refractivity contribution is -0.121. The van der Waals surface area contributed by atoms with E-state index in [4.69, 9.17) is 15.6 Å². The molecule has 1 saturated heterocycles. The second-order valence-corrected chi connectivity index (χ2v) is 4.38. The lowest BCUT2D eigenvalue weighted by Crippen LogP contribution is -2.51. The summed E-state index contributed by atoms with van der Waals surface area (Å²) in [6, 6.07) is 3.63. The highest BCUT2D eigenvalue weighted by molar-refractivity contribution is 6.04. The van der Waals surface area contributed by atoms with Gasteiger partial charge in [-0.3, -0.25) is 4.79 Å². The molecule has 1 aromatic carbocycles. The minimum absolute atomic E-state index is 0.0521. The Labute approximate surface area is 108 Å². The number of hydrogen-bond acceptors (Lipinski definition) is 4. The van der Waals surface area contributed by atoms with Gasteiger partial charge in [-0.05, 0) is 18.6 Å². The van der Waals surface area contributed by atoms with Crippen LogP contribution in [0.5, 0.6) is 0 Å². The second kappa shape index (κ2) is 4.94. The molecule has 1 aromatic rings. The summed E-state index contributed by atoms with van der Waals surface area (Å²) >= 11 is 0. The topological polar surface area (TPSA) is 102 Å². The van der Waals surface area contributed by atoms with Crippen LogP contribution in [-0.4, -0.2) is 35.7 Å². The predicted molar refractivity (Wildman–Crippen MR) is 64.3 cm³/mol. The zero-order valence-corrected chi connectivity index (χ0v) is 9.98. The number of anilines is 1. The van der Waals surface area contributed by atoms with Crippen molar-refractivity contribution < 1.29 is 23.8 Å². The summed E-state index contributed by atoms with van der Waals surface area (Å²) in [5.41, 5.74) is 3.93. The largest absolute Gasteiger partial charge is 0.478 e. The third-order valence-electron chi connectivity index (χ3n) is 2.98. The molecular weight excluding hydrogens is 255 g/mol. The Balaban J connectivity index is 2.26. The van der Waals surface area contributed by atoms with Crippen molar-refractivity contribution in [2.24, 2.45) is 5.73 Å². The maximum Gasteiger partial charge on any atom is 0.340 e. The number of aromatic carboxylic acids is 1. The summed E-state index contributed by atoms with van der Waals surface area (Å²) < 4.78 is 18.5. The van der Waals surface area contributed by atoms with Gasteiger partial charge >= 0.3 is 5.97 Å². The molecule has 0 bridgehead atoms. The van der Waals surface area contributed by atoms with Gasteiger partial charge in [-0.15, -0.1) is 0 Å². The van der Waals surface area contributed by atoms with Crippen LogP contribution in [0.15, 0.2) is 18.2 Å². The quantitative estimate of drug-likeness (QED) is 0.744. The van der Waals surface area contributed by atoms with E-state index in [9.17, 15) is 14.0 Å². The molecule has 0 aliphatic carbocycles. The molecule has 102 valence electrons. The lowest BCUT2D eigenvalue weighted by Gasteiger charge is -2.21. The number of hydrogen-bond donors (Lipinski definition) is 3. The van der Waals surface area contributed by atoms with Gasteiger partial charge in [0.1, 0.15) is 16.9 Å². The molecule has 1 aliphatic heterocycles. The standard InChI is InChI=1S/C12H13FN2O4/c13-7-2-1-3-8(9(7)10(16)17)15-11(18)12(14)4-5-19-6-12/h1-3H,4-6,14H2,(H,15,18)(H,16,17). The van der Waals surface area contributed by atoms with Gasteiger partial charge in [0, 0.05) is 6.61 Å². The molecule has 1 atom stereocenters. The number of benzene rings is 1. The third kappa shape index (κ3) is 2.56. The van der Waals surface area contributed by atoms with E-state index < -0.39 is 28.8 Å². The Kier molecular flexibility index (Phi) is 3.50. The van der Waals surface area contributed by atoms with Crippen LogP contribution >= 0.6 is 0 Å². The zero-order valence-electron chi connectivity index (χ0n) is 9.98. The first kappa shape index (κ1) is 13.4. The summed E-state index contributed by atoms with van der Waals surface area (Å²) in [6.07, 6.45) is 0.330. The minimum Gasteiger partial charge on any atom is -0.478 e. The van der Waals surface area contributed by atoms with Gasteiger partial charge < -0.3 is 20.9 Å². The highest BCUT2D eigenvalue weighted by atomic mass is 19.1. The summed E-state index contributed by atoms with van der Waals surface area (Å²) in [6.45, 7) is 0.412. The number of nitrogens with two attached hydrogens (primary N) is 1. The smallest absolute Gasteiger partial charge is 0.340 e. The third-order valence-corrected chi connectivity index (χ3v) is 2.98. The van der Waals surface area contributed by atoms with Crippen LogP contribution in [0.4, 0.5) is 10.1 Å².